The molecule has 0 unspecified atom stereocenters. The normalized spacial score (nSPS) is 14.1. The molecule has 2 N–H and O–H groups in total. The second-order valence-electron chi connectivity index (χ2n) is 10.5. The van der Waals surface area contributed by atoms with Crippen molar-refractivity contribution in [2.45, 2.75) is 71.1 Å². The SMILES string of the molecule is COc1ccccc1CCn1c(=O)n(C(C)(C)C(N)=O)c(=O)c2c(C)c(-c3ncco3)sc21.O=C1CCC(OS)CC1. The topological polar surface area (TPSA) is 149 Å². The number of rotatable bonds is 8. The smallest absolute Gasteiger partial charge is 0.333 e. The largest absolute Gasteiger partial charge is 0.496 e. The molecular formula is C29H34N4O7S2. The summed E-state index contributed by atoms with van der Waals surface area (Å²) in [7, 11) is 1.59. The van der Waals surface area contributed by atoms with Gasteiger partial charge in [-0.15, -0.1) is 11.3 Å². The van der Waals surface area contributed by atoms with E-state index in [1.807, 2.05) is 24.3 Å². The average Bonchev–Trinajstić information content (AvgIpc) is 3.62. The number of amides is 1. The first-order chi connectivity index (χ1) is 20.0. The lowest BCUT2D eigenvalue weighted by molar-refractivity contribution is -0.125. The highest BCUT2D eigenvalue weighted by Crippen LogP contribution is 2.36. The third kappa shape index (κ3) is 6.22. The van der Waals surface area contributed by atoms with Gasteiger partial charge < -0.3 is 19.1 Å². The number of fused-ring (bicyclic) bond motifs is 1. The number of benzene rings is 1. The van der Waals surface area contributed by atoms with Gasteiger partial charge in [0.25, 0.3) is 5.56 Å². The molecule has 3 heterocycles. The van der Waals surface area contributed by atoms with Crippen LogP contribution in [-0.2, 0) is 32.3 Å². The minimum atomic E-state index is -1.52. The molecule has 1 amide bonds. The van der Waals surface area contributed by atoms with Crippen molar-refractivity contribution in [1.82, 2.24) is 14.1 Å². The summed E-state index contributed by atoms with van der Waals surface area (Å²) in [4.78, 5) is 55.3. The number of carbonyl (C=O) groups excluding carboxylic acids is 2. The zero-order chi connectivity index (χ0) is 30.6. The lowest BCUT2D eigenvalue weighted by Crippen LogP contribution is -2.54. The Bertz CT molecular complexity index is 1690. The van der Waals surface area contributed by atoms with Crippen molar-refractivity contribution in [3.63, 3.8) is 0 Å². The standard InChI is InChI=1S/C23H24N4O5S.C6H10O2S/c1-13-16-19(28)27(23(2,3)21(24)29)22(30)26(11-9-14-7-5-6-8-15(14)31-4)20(16)33-17(13)18-25-10-12-32-18;7-5-1-3-6(8-9)4-2-5/h5-8,10,12H,9,11H2,1-4H3,(H2,24,29);6,9H,1-4H2. The molecule has 42 heavy (non-hydrogen) atoms. The Kier molecular flexibility index (Phi) is 9.74. The van der Waals surface area contributed by atoms with Gasteiger partial charge >= 0.3 is 5.69 Å². The van der Waals surface area contributed by atoms with Crippen molar-refractivity contribution >= 4 is 46.2 Å². The Hall–Kier alpha value is -3.68. The lowest BCUT2D eigenvalue weighted by atomic mass is 9.97. The number of para-hydroxylation sites is 1. The molecule has 1 saturated carbocycles. The van der Waals surface area contributed by atoms with Crippen LogP contribution in [-0.4, -0.2) is 39.0 Å². The fourth-order valence-corrected chi connectivity index (χ4v) is 6.32. The van der Waals surface area contributed by atoms with Gasteiger partial charge in [0.1, 0.15) is 28.2 Å². The summed E-state index contributed by atoms with van der Waals surface area (Å²) in [5.41, 5.74) is 4.41. The number of Topliss-reactive ketones (excluding diaryl/α,β-unsaturated/α-hetero) is 1. The molecule has 3 aromatic heterocycles. The number of nitrogens with two attached hydrogens (primary N) is 1. The average molecular weight is 615 g/mol. The highest BCUT2D eigenvalue weighted by molar-refractivity contribution is 7.75. The molecular weight excluding hydrogens is 580 g/mol. The van der Waals surface area contributed by atoms with Crippen LogP contribution in [0, 0.1) is 6.92 Å². The zero-order valence-electron chi connectivity index (χ0n) is 23.9. The van der Waals surface area contributed by atoms with Crippen LogP contribution in [0.25, 0.3) is 21.0 Å². The fourth-order valence-electron chi connectivity index (χ4n) is 4.85. The Morgan fingerprint density at radius 2 is 1.90 bits per heavy atom. The molecule has 0 atom stereocenters. The van der Waals surface area contributed by atoms with Crippen molar-refractivity contribution in [2.75, 3.05) is 7.11 Å². The van der Waals surface area contributed by atoms with Crippen LogP contribution in [0.15, 0.2) is 50.7 Å². The number of primary amides is 1. The van der Waals surface area contributed by atoms with Gasteiger partial charge in [-0.1, -0.05) is 18.2 Å². The van der Waals surface area contributed by atoms with Gasteiger partial charge in [0, 0.05) is 19.4 Å². The Morgan fingerprint density at radius 1 is 1.21 bits per heavy atom. The predicted octanol–water partition coefficient (Wildman–Crippen LogP) is 4.02. The number of carbonyl (C=O) groups is 2. The Morgan fingerprint density at radius 3 is 2.50 bits per heavy atom. The summed E-state index contributed by atoms with van der Waals surface area (Å²) in [6.07, 6.45) is 6.69. The third-order valence-electron chi connectivity index (χ3n) is 7.44. The van der Waals surface area contributed by atoms with Crippen molar-refractivity contribution in [1.29, 1.82) is 0 Å². The number of nitrogens with zero attached hydrogens (tertiary/aromatic N) is 3. The van der Waals surface area contributed by atoms with Gasteiger partial charge in [0.05, 0.1) is 29.7 Å². The van der Waals surface area contributed by atoms with E-state index < -0.39 is 22.7 Å². The van der Waals surface area contributed by atoms with E-state index >= 15 is 0 Å². The molecule has 0 spiro atoms. The van der Waals surface area contributed by atoms with Crippen LogP contribution in [0.1, 0.15) is 50.7 Å². The first-order valence-corrected chi connectivity index (χ1v) is 14.6. The van der Waals surface area contributed by atoms with Gasteiger partial charge in [0.15, 0.2) is 0 Å². The van der Waals surface area contributed by atoms with E-state index in [2.05, 4.69) is 17.9 Å². The molecule has 13 heteroatoms. The molecule has 0 aliphatic heterocycles. The van der Waals surface area contributed by atoms with E-state index in [0.29, 0.717) is 57.3 Å². The summed E-state index contributed by atoms with van der Waals surface area (Å²) >= 11 is 4.94. The van der Waals surface area contributed by atoms with Crippen LogP contribution >= 0.6 is 24.2 Å². The highest BCUT2D eigenvalue weighted by atomic mass is 32.1. The number of hydrogen-bond donors (Lipinski definition) is 2. The molecule has 0 radical (unpaired) electrons. The van der Waals surface area contributed by atoms with Crippen molar-refractivity contribution in [3.8, 4) is 16.5 Å². The van der Waals surface area contributed by atoms with Gasteiger partial charge in [-0.2, -0.15) is 0 Å². The molecule has 1 aliphatic rings. The quantitative estimate of drug-likeness (QED) is 0.223. The number of hydrogen-bond acceptors (Lipinski definition) is 10. The Labute approximate surface area is 251 Å². The molecule has 1 aliphatic carbocycles. The van der Waals surface area contributed by atoms with Crippen LogP contribution in [0.5, 0.6) is 5.75 Å². The van der Waals surface area contributed by atoms with E-state index in [0.717, 1.165) is 23.0 Å². The number of methoxy groups -OCH3 is 1. The second kappa shape index (κ2) is 13.1. The second-order valence-corrected chi connectivity index (χ2v) is 11.7. The van der Waals surface area contributed by atoms with E-state index in [1.165, 1.54) is 42.2 Å². The lowest BCUT2D eigenvalue weighted by Gasteiger charge is -2.24. The van der Waals surface area contributed by atoms with Crippen LogP contribution in [0.3, 0.4) is 0 Å². The van der Waals surface area contributed by atoms with E-state index in [-0.39, 0.29) is 12.6 Å². The maximum Gasteiger partial charge on any atom is 0.333 e. The number of thiophene rings is 1. The molecule has 1 aromatic carbocycles. The number of aromatic nitrogens is 3. The van der Waals surface area contributed by atoms with Gasteiger partial charge in [0.2, 0.25) is 11.8 Å². The summed E-state index contributed by atoms with van der Waals surface area (Å²) in [6, 6.07) is 7.53. The van der Waals surface area contributed by atoms with Crippen molar-refractivity contribution in [2.24, 2.45) is 5.73 Å². The van der Waals surface area contributed by atoms with Crippen LogP contribution < -0.4 is 21.7 Å². The third-order valence-corrected chi connectivity index (χ3v) is 9.04. The molecule has 5 rings (SSSR count). The monoisotopic (exact) mass is 614 g/mol. The number of oxazole rings is 1. The van der Waals surface area contributed by atoms with Gasteiger partial charge in [-0.25, -0.2) is 14.3 Å². The van der Waals surface area contributed by atoms with Crippen molar-refractivity contribution in [3.05, 3.63) is 68.7 Å². The van der Waals surface area contributed by atoms with Crippen LogP contribution in [0.2, 0.25) is 0 Å². The first kappa shape index (κ1) is 31.3. The van der Waals surface area contributed by atoms with Crippen LogP contribution in [0.4, 0.5) is 0 Å². The Balaban J connectivity index is 0.000000385. The summed E-state index contributed by atoms with van der Waals surface area (Å²) < 4.78 is 18.1. The van der Waals surface area contributed by atoms with Gasteiger partial charge in [-0.05, 0) is 70.1 Å². The number of thiol groups is 1. The predicted molar refractivity (Wildman–Crippen MR) is 163 cm³/mol. The maximum atomic E-state index is 13.6. The molecule has 0 saturated heterocycles. The number of aryl methyl sites for hydroxylation is 3. The summed E-state index contributed by atoms with van der Waals surface area (Å²) in [6.45, 7) is 4.96. The van der Waals surface area contributed by atoms with Gasteiger partial charge in [-0.3, -0.25) is 19.0 Å². The molecule has 1 fully saturated rings. The van der Waals surface area contributed by atoms with E-state index in [9.17, 15) is 19.2 Å². The van der Waals surface area contributed by atoms with E-state index in [4.69, 9.17) is 19.1 Å². The minimum Gasteiger partial charge on any atom is -0.496 e. The molecule has 0 bridgehead atoms. The van der Waals surface area contributed by atoms with E-state index in [1.54, 1.807) is 14.0 Å². The fraction of sp³-hybridized carbons (Fsp3) is 0.414. The zero-order valence-corrected chi connectivity index (χ0v) is 25.6. The molecule has 224 valence electrons. The maximum absolute atomic E-state index is 13.6. The number of ether oxygens (including phenoxy) is 1. The minimum absolute atomic E-state index is 0.214. The molecule has 4 aromatic rings. The molecule has 11 nitrogen and oxygen atoms in total. The summed E-state index contributed by atoms with van der Waals surface area (Å²) in [5.74, 6) is 0.641. The first-order valence-electron chi connectivity index (χ1n) is 13.4. The highest BCUT2D eigenvalue weighted by Gasteiger charge is 2.34. The summed E-state index contributed by atoms with van der Waals surface area (Å²) in [5, 5.41) is 0.335. The van der Waals surface area contributed by atoms with Crippen molar-refractivity contribution < 1.29 is 22.9 Å². The number of ketones is 1.